The van der Waals surface area contributed by atoms with Crippen molar-refractivity contribution in [3.05, 3.63) is 17.5 Å². The van der Waals surface area contributed by atoms with Crippen molar-refractivity contribution in [2.24, 2.45) is 17.8 Å². The third-order valence-corrected chi connectivity index (χ3v) is 6.49. The highest BCUT2D eigenvalue weighted by Crippen LogP contribution is 2.39. The first-order valence-electron chi connectivity index (χ1n) is 10.3. The molecule has 3 aliphatic rings. The number of hydrogen-bond acceptors (Lipinski definition) is 4. The number of rotatable bonds is 5. The highest BCUT2D eigenvalue weighted by atomic mass is 16.3. The van der Waals surface area contributed by atoms with E-state index in [1.54, 1.807) is 0 Å². The van der Waals surface area contributed by atoms with E-state index in [0.29, 0.717) is 17.9 Å². The first kappa shape index (κ1) is 17.5. The van der Waals surface area contributed by atoms with Gasteiger partial charge in [0, 0.05) is 31.4 Å². The van der Waals surface area contributed by atoms with Crippen LogP contribution in [-0.2, 0) is 13.0 Å². The van der Waals surface area contributed by atoms with E-state index in [1.165, 1.54) is 50.3 Å². The summed E-state index contributed by atoms with van der Waals surface area (Å²) in [4.78, 5) is 5.12. The Labute approximate surface area is 151 Å². The molecule has 0 amide bonds. The van der Waals surface area contributed by atoms with E-state index in [4.69, 9.17) is 0 Å². The van der Waals surface area contributed by atoms with E-state index in [9.17, 15) is 5.11 Å². The second-order valence-corrected chi connectivity index (χ2v) is 9.05. The van der Waals surface area contributed by atoms with Crippen LogP contribution in [-0.4, -0.2) is 63.4 Å². The van der Waals surface area contributed by atoms with Crippen molar-refractivity contribution >= 4 is 0 Å². The Morgan fingerprint density at radius 1 is 1.20 bits per heavy atom. The van der Waals surface area contributed by atoms with E-state index in [2.05, 4.69) is 39.9 Å². The second-order valence-electron chi connectivity index (χ2n) is 9.05. The Kier molecular flexibility index (Phi) is 5.16. The van der Waals surface area contributed by atoms with Crippen molar-refractivity contribution in [2.45, 2.75) is 64.6 Å². The van der Waals surface area contributed by atoms with E-state index < -0.39 is 0 Å². The molecule has 1 saturated carbocycles. The zero-order valence-corrected chi connectivity index (χ0v) is 15.8. The Balaban J connectivity index is 1.34. The minimum Gasteiger partial charge on any atom is -0.391 e. The number of likely N-dealkylation sites (tertiary alicyclic amines) is 2. The standard InChI is InChI=1S/C20H34N4O/c1-14(2)7-17-10-18(22-21-17)13-23-11-15-8-19(24-5-3-4-6-24)20(25)9-16(15)12-23/h10,14-16,19-20,25H,3-9,11-13H2,1-2H3,(H,21,22)/t15-,16+,19-,20-/m1/s1. The van der Waals surface area contributed by atoms with Crippen LogP contribution in [0.3, 0.4) is 0 Å². The molecular weight excluding hydrogens is 312 g/mol. The highest BCUT2D eigenvalue weighted by Gasteiger charge is 2.43. The van der Waals surface area contributed by atoms with Gasteiger partial charge in [0.1, 0.15) is 0 Å². The Morgan fingerprint density at radius 2 is 1.92 bits per heavy atom. The third-order valence-electron chi connectivity index (χ3n) is 6.49. The molecule has 1 aromatic rings. The number of aliphatic hydroxyl groups excluding tert-OH is 1. The molecule has 2 N–H and O–H groups in total. The molecule has 25 heavy (non-hydrogen) atoms. The summed E-state index contributed by atoms with van der Waals surface area (Å²) < 4.78 is 0. The lowest BCUT2D eigenvalue weighted by Gasteiger charge is -2.40. The highest BCUT2D eigenvalue weighted by molar-refractivity contribution is 5.10. The van der Waals surface area contributed by atoms with Gasteiger partial charge in [0.25, 0.3) is 0 Å². The van der Waals surface area contributed by atoms with Gasteiger partial charge >= 0.3 is 0 Å². The molecule has 3 heterocycles. The smallest absolute Gasteiger partial charge is 0.0698 e. The largest absolute Gasteiger partial charge is 0.391 e. The molecule has 0 unspecified atom stereocenters. The number of H-pyrrole nitrogens is 1. The van der Waals surface area contributed by atoms with Crippen molar-refractivity contribution in [2.75, 3.05) is 26.2 Å². The van der Waals surface area contributed by atoms with Gasteiger partial charge in [-0.2, -0.15) is 5.10 Å². The van der Waals surface area contributed by atoms with Gasteiger partial charge in [-0.05, 0) is 69.0 Å². The van der Waals surface area contributed by atoms with Gasteiger partial charge in [0.05, 0.1) is 11.8 Å². The van der Waals surface area contributed by atoms with Crippen LogP contribution >= 0.6 is 0 Å². The number of fused-ring (bicyclic) bond motifs is 1. The molecule has 0 aromatic carbocycles. The first-order chi connectivity index (χ1) is 12.1. The molecule has 4 atom stereocenters. The van der Waals surface area contributed by atoms with E-state index in [-0.39, 0.29) is 6.10 Å². The van der Waals surface area contributed by atoms with Gasteiger partial charge in [-0.25, -0.2) is 0 Å². The maximum Gasteiger partial charge on any atom is 0.0698 e. The molecule has 3 fully saturated rings. The zero-order valence-electron chi connectivity index (χ0n) is 15.8. The van der Waals surface area contributed by atoms with Gasteiger partial charge in [-0.15, -0.1) is 0 Å². The van der Waals surface area contributed by atoms with Gasteiger partial charge in [-0.1, -0.05) is 13.8 Å². The fraction of sp³-hybridized carbons (Fsp3) is 0.850. The van der Waals surface area contributed by atoms with Crippen LogP contribution in [0, 0.1) is 17.8 Å². The molecule has 1 aliphatic carbocycles. The SMILES string of the molecule is CC(C)Cc1cc(CN2C[C@H]3C[C@@H](N4CCCC4)[C@H](O)C[C@H]3C2)[nH]n1. The number of nitrogens with one attached hydrogen (secondary N) is 1. The minimum absolute atomic E-state index is 0.121. The van der Waals surface area contributed by atoms with Gasteiger partial charge < -0.3 is 5.11 Å². The van der Waals surface area contributed by atoms with Crippen molar-refractivity contribution in [3.8, 4) is 0 Å². The molecule has 5 heteroatoms. The van der Waals surface area contributed by atoms with Crippen LogP contribution in [0.2, 0.25) is 0 Å². The van der Waals surface area contributed by atoms with Gasteiger partial charge in [-0.3, -0.25) is 14.9 Å². The van der Waals surface area contributed by atoms with Crippen LogP contribution in [0.4, 0.5) is 0 Å². The van der Waals surface area contributed by atoms with Crippen LogP contribution in [0.25, 0.3) is 0 Å². The summed E-state index contributed by atoms with van der Waals surface area (Å²) in [6.07, 6.45) is 5.72. The number of hydrogen-bond donors (Lipinski definition) is 2. The topological polar surface area (TPSA) is 55.4 Å². The Hall–Kier alpha value is -0.910. The van der Waals surface area contributed by atoms with Gasteiger partial charge in [0.2, 0.25) is 0 Å². The lowest BCUT2D eigenvalue weighted by atomic mass is 9.77. The molecule has 0 spiro atoms. The maximum absolute atomic E-state index is 10.7. The van der Waals surface area contributed by atoms with E-state index >= 15 is 0 Å². The predicted octanol–water partition coefficient (Wildman–Crippen LogP) is 2.28. The molecule has 140 valence electrons. The Bertz CT molecular complexity index is 566. The third kappa shape index (κ3) is 3.93. The van der Waals surface area contributed by atoms with Crippen LogP contribution in [0.1, 0.15) is 50.9 Å². The summed E-state index contributed by atoms with van der Waals surface area (Å²) in [5.74, 6) is 2.08. The molecule has 0 bridgehead atoms. The lowest BCUT2D eigenvalue weighted by molar-refractivity contribution is -0.000861. The first-order valence-corrected chi connectivity index (χ1v) is 10.3. The monoisotopic (exact) mass is 346 g/mol. The molecule has 0 radical (unpaired) electrons. The molecule has 5 nitrogen and oxygen atoms in total. The van der Waals surface area contributed by atoms with Gasteiger partial charge in [0.15, 0.2) is 0 Å². The summed E-state index contributed by atoms with van der Waals surface area (Å²) >= 11 is 0. The summed E-state index contributed by atoms with van der Waals surface area (Å²) in [5.41, 5.74) is 2.43. The molecule has 2 aliphatic heterocycles. The predicted molar refractivity (Wildman–Crippen MR) is 99.2 cm³/mol. The fourth-order valence-electron chi connectivity index (χ4n) is 5.35. The van der Waals surface area contributed by atoms with Crippen LogP contribution in [0.15, 0.2) is 6.07 Å². The quantitative estimate of drug-likeness (QED) is 0.859. The van der Waals surface area contributed by atoms with Crippen molar-refractivity contribution in [3.63, 3.8) is 0 Å². The number of aliphatic hydroxyl groups is 1. The van der Waals surface area contributed by atoms with E-state index in [0.717, 1.165) is 31.8 Å². The molecule has 2 saturated heterocycles. The van der Waals surface area contributed by atoms with Crippen molar-refractivity contribution < 1.29 is 5.11 Å². The maximum atomic E-state index is 10.7. The molecular formula is C20H34N4O. The molecule has 1 aromatic heterocycles. The van der Waals surface area contributed by atoms with Crippen molar-refractivity contribution in [1.29, 1.82) is 0 Å². The average molecular weight is 347 g/mol. The zero-order chi connectivity index (χ0) is 17.4. The summed E-state index contributed by atoms with van der Waals surface area (Å²) in [6, 6.07) is 2.65. The second kappa shape index (κ2) is 7.37. The number of aromatic amines is 1. The summed E-state index contributed by atoms with van der Waals surface area (Å²) in [6.45, 7) is 10.1. The summed E-state index contributed by atoms with van der Waals surface area (Å²) in [5, 5.41) is 18.4. The number of nitrogens with zero attached hydrogens (tertiary/aromatic N) is 3. The number of aromatic nitrogens is 2. The summed E-state index contributed by atoms with van der Waals surface area (Å²) in [7, 11) is 0. The average Bonchev–Trinajstić information content (AvgIpc) is 3.27. The fourth-order valence-corrected chi connectivity index (χ4v) is 5.35. The lowest BCUT2D eigenvalue weighted by Crippen LogP contribution is -2.48. The van der Waals surface area contributed by atoms with Crippen molar-refractivity contribution in [1.82, 2.24) is 20.0 Å². The van der Waals surface area contributed by atoms with Crippen LogP contribution in [0.5, 0.6) is 0 Å². The Morgan fingerprint density at radius 3 is 2.64 bits per heavy atom. The van der Waals surface area contributed by atoms with Crippen LogP contribution < -0.4 is 0 Å². The van der Waals surface area contributed by atoms with E-state index in [1.807, 2.05) is 0 Å². The normalized spacial score (nSPS) is 34.1. The molecule has 4 rings (SSSR count). The minimum atomic E-state index is -0.121.